The molecule has 0 saturated heterocycles. The van der Waals surface area contributed by atoms with E-state index in [0.29, 0.717) is 16.9 Å². The predicted molar refractivity (Wildman–Crippen MR) is 65.5 cm³/mol. The van der Waals surface area contributed by atoms with E-state index in [2.05, 4.69) is 4.99 Å². The molecular weight excluding hydrogens is 255 g/mol. The number of carbonyl (C=O) groups is 1. The molecule has 1 heterocycles. The Morgan fingerprint density at radius 2 is 2.22 bits per heavy atom. The van der Waals surface area contributed by atoms with Gasteiger partial charge in [-0.25, -0.2) is 4.39 Å². The SMILES string of the molecule is O=C(CO)N=c1sccn1Cc1ccccc1F. The van der Waals surface area contributed by atoms with Crippen molar-refractivity contribution in [3.8, 4) is 0 Å². The number of halogens is 1. The lowest BCUT2D eigenvalue weighted by atomic mass is 10.2. The van der Waals surface area contributed by atoms with Gasteiger partial charge in [0, 0.05) is 17.1 Å². The van der Waals surface area contributed by atoms with Crippen LogP contribution in [0.15, 0.2) is 40.8 Å². The number of hydrogen-bond acceptors (Lipinski definition) is 3. The molecule has 0 atom stereocenters. The van der Waals surface area contributed by atoms with Crippen molar-refractivity contribution in [2.45, 2.75) is 6.54 Å². The number of rotatable bonds is 3. The fourth-order valence-corrected chi connectivity index (χ4v) is 2.20. The van der Waals surface area contributed by atoms with Crippen LogP contribution in [0.2, 0.25) is 0 Å². The molecule has 0 aliphatic heterocycles. The minimum Gasteiger partial charge on any atom is -0.386 e. The lowest BCUT2D eigenvalue weighted by Crippen LogP contribution is -2.18. The number of thiazole rings is 1. The van der Waals surface area contributed by atoms with Crippen LogP contribution in [0.25, 0.3) is 0 Å². The Labute approximate surface area is 107 Å². The fraction of sp³-hybridized carbons (Fsp3) is 0.167. The van der Waals surface area contributed by atoms with Gasteiger partial charge in [-0.05, 0) is 6.07 Å². The summed E-state index contributed by atoms with van der Waals surface area (Å²) in [5.74, 6) is -0.907. The Morgan fingerprint density at radius 3 is 2.94 bits per heavy atom. The minimum absolute atomic E-state index is 0.296. The standard InChI is InChI=1S/C12H11FN2O2S/c13-10-4-2-1-3-9(10)7-15-5-6-18-12(15)14-11(17)8-16/h1-6,16H,7-8H2. The second-order valence-corrected chi connectivity index (χ2v) is 4.44. The number of benzene rings is 1. The lowest BCUT2D eigenvalue weighted by Gasteiger charge is -2.04. The first-order chi connectivity index (χ1) is 8.70. The number of nitrogens with zero attached hydrogens (tertiary/aromatic N) is 2. The molecule has 1 amide bonds. The van der Waals surface area contributed by atoms with Crippen molar-refractivity contribution in [2.75, 3.05) is 6.61 Å². The minimum atomic E-state index is -0.627. The highest BCUT2D eigenvalue weighted by Gasteiger charge is 2.04. The summed E-state index contributed by atoms with van der Waals surface area (Å²) in [6.07, 6.45) is 1.72. The van der Waals surface area contributed by atoms with Crippen LogP contribution in [0.1, 0.15) is 5.56 Å². The van der Waals surface area contributed by atoms with E-state index in [1.807, 2.05) is 0 Å². The molecule has 0 radical (unpaired) electrons. The zero-order chi connectivity index (χ0) is 13.0. The van der Waals surface area contributed by atoms with Crippen molar-refractivity contribution in [1.82, 2.24) is 4.57 Å². The maximum absolute atomic E-state index is 13.5. The van der Waals surface area contributed by atoms with Crippen LogP contribution in [0.5, 0.6) is 0 Å². The van der Waals surface area contributed by atoms with Gasteiger partial charge < -0.3 is 9.67 Å². The molecule has 1 aromatic heterocycles. The highest BCUT2D eigenvalue weighted by Crippen LogP contribution is 2.07. The largest absolute Gasteiger partial charge is 0.386 e. The summed E-state index contributed by atoms with van der Waals surface area (Å²) < 4.78 is 15.2. The first kappa shape index (κ1) is 12.7. The summed E-state index contributed by atoms with van der Waals surface area (Å²) in [4.78, 5) is 15.2. The molecule has 0 saturated carbocycles. The Kier molecular flexibility index (Phi) is 4.01. The second-order valence-electron chi connectivity index (χ2n) is 3.57. The molecule has 18 heavy (non-hydrogen) atoms. The lowest BCUT2D eigenvalue weighted by molar-refractivity contribution is -0.120. The first-order valence-electron chi connectivity index (χ1n) is 5.26. The first-order valence-corrected chi connectivity index (χ1v) is 6.14. The van der Waals surface area contributed by atoms with Gasteiger partial charge in [0.15, 0.2) is 4.80 Å². The van der Waals surface area contributed by atoms with Crippen LogP contribution < -0.4 is 4.80 Å². The molecule has 0 aliphatic carbocycles. The van der Waals surface area contributed by atoms with Crippen molar-refractivity contribution in [3.63, 3.8) is 0 Å². The number of aromatic nitrogens is 1. The number of aliphatic hydroxyl groups excluding tert-OH is 1. The van der Waals surface area contributed by atoms with Gasteiger partial charge in [0.1, 0.15) is 12.4 Å². The van der Waals surface area contributed by atoms with Crippen molar-refractivity contribution < 1.29 is 14.3 Å². The van der Waals surface area contributed by atoms with Crippen molar-refractivity contribution >= 4 is 17.2 Å². The third-order valence-corrected chi connectivity index (χ3v) is 3.11. The molecule has 1 aromatic carbocycles. The summed E-state index contributed by atoms with van der Waals surface area (Å²) >= 11 is 1.26. The average Bonchev–Trinajstić information content (AvgIpc) is 2.79. The maximum Gasteiger partial charge on any atom is 0.274 e. The predicted octanol–water partition coefficient (Wildman–Crippen LogP) is 1.16. The van der Waals surface area contributed by atoms with Gasteiger partial charge in [-0.1, -0.05) is 18.2 Å². The smallest absolute Gasteiger partial charge is 0.274 e. The molecular formula is C12H11FN2O2S. The average molecular weight is 266 g/mol. The maximum atomic E-state index is 13.5. The second kappa shape index (κ2) is 5.70. The molecule has 4 nitrogen and oxygen atoms in total. The van der Waals surface area contributed by atoms with E-state index in [0.717, 1.165) is 0 Å². The number of amides is 1. The van der Waals surface area contributed by atoms with Crippen LogP contribution in [-0.4, -0.2) is 22.2 Å². The molecule has 1 N–H and O–H groups in total. The van der Waals surface area contributed by atoms with E-state index in [9.17, 15) is 9.18 Å². The molecule has 0 unspecified atom stereocenters. The van der Waals surface area contributed by atoms with Crippen LogP contribution >= 0.6 is 11.3 Å². The topological polar surface area (TPSA) is 54.6 Å². The summed E-state index contributed by atoms with van der Waals surface area (Å²) in [5, 5.41) is 10.4. The van der Waals surface area contributed by atoms with Gasteiger partial charge in [-0.3, -0.25) is 4.79 Å². The van der Waals surface area contributed by atoms with Gasteiger partial charge in [-0.15, -0.1) is 11.3 Å². The summed E-state index contributed by atoms with van der Waals surface area (Å²) in [5.41, 5.74) is 0.522. The molecule has 0 bridgehead atoms. The van der Waals surface area contributed by atoms with Gasteiger partial charge in [0.25, 0.3) is 5.91 Å². The van der Waals surface area contributed by atoms with Gasteiger partial charge in [0.2, 0.25) is 0 Å². The molecule has 0 aliphatic rings. The summed E-state index contributed by atoms with van der Waals surface area (Å²) in [7, 11) is 0. The Balaban J connectivity index is 2.31. The molecule has 0 spiro atoms. The molecule has 6 heteroatoms. The van der Waals surface area contributed by atoms with Crippen molar-refractivity contribution in [3.05, 3.63) is 52.0 Å². The van der Waals surface area contributed by atoms with Gasteiger partial charge >= 0.3 is 0 Å². The molecule has 94 valence electrons. The van der Waals surface area contributed by atoms with Crippen LogP contribution in [-0.2, 0) is 11.3 Å². The van der Waals surface area contributed by atoms with E-state index < -0.39 is 12.5 Å². The van der Waals surface area contributed by atoms with Gasteiger partial charge in [0.05, 0.1) is 6.54 Å². The zero-order valence-electron chi connectivity index (χ0n) is 9.41. The van der Waals surface area contributed by atoms with Crippen molar-refractivity contribution in [2.24, 2.45) is 4.99 Å². The zero-order valence-corrected chi connectivity index (χ0v) is 10.2. The summed E-state index contributed by atoms with van der Waals surface area (Å²) in [6.45, 7) is -0.328. The number of hydrogen-bond donors (Lipinski definition) is 1. The monoisotopic (exact) mass is 266 g/mol. The highest BCUT2D eigenvalue weighted by atomic mass is 32.1. The van der Waals surface area contributed by atoms with E-state index in [1.165, 1.54) is 17.4 Å². The molecule has 2 aromatic rings. The Bertz CT molecular complexity index is 618. The third-order valence-electron chi connectivity index (χ3n) is 2.31. The Hall–Kier alpha value is -1.79. The van der Waals surface area contributed by atoms with Crippen molar-refractivity contribution in [1.29, 1.82) is 0 Å². The molecule has 2 rings (SSSR count). The van der Waals surface area contributed by atoms with E-state index in [1.54, 1.807) is 34.3 Å². The normalized spacial score (nSPS) is 11.8. The Morgan fingerprint density at radius 1 is 1.44 bits per heavy atom. The number of aliphatic hydroxyl groups is 1. The van der Waals surface area contributed by atoms with E-state index in [4.69, 9.17) is 5.11 Å². The van der Waals surface area contributed by atoms with Crippen LogP contribution in [0.3, 0.4) is 0 Å². The molecule has 0 fully saturated rings. The fourth-order valence-electron chi connectivity index (χ4n) is 1.46. The third kappa shape index (κ3) is 2.91. The van der Waals surface area contributed by atoms with E-state index >= 15 is 0 Å². The highest BCUT2D eigenvalue weighted by molar-refractivity contribution is 7.07. The van der Waals surface area contributed by atoms with Gasteiger partial charge in [-0.2, -0.15) is 4.99 Å². The quantitative estimate of drug-likeness (QED) is 0.906. The summed E-state index contributed by atoms with van der Waals surface area (Å²) in [6, 6.07) is 6.44. The van der Waals surface area contributed by atoms with Crippen LogP contribution in [0, 0.1) is 5.82 Å². The van der Waals surface area contributed by atoms with E-state index in [-0.39, 0.29) is 5.82 Å². The van der Waals surface area contributed by atoms with Crippen LogP contribution in [0.4, 0.5) is 4.39 Å². The number of carbonyl (C=O) groups excluding carboxylic acids is 1.